The summed E-state index contributed by atoms with van der Waals surface area (Å²) < 4.78 is 1.71. The van der Waals surface area contributed by atoms with E-state index in [9.17, 15) is 4.79 Å². The van der Waals surface area contributed by atoms with Gasteiger partial charge in [-0.15, -0.1) is 0 Å². The van der Waals surface area contributed by atoms with Crippen LogP contribution in [0.3, 0.4) is 0 Å². The van der Waals surface area contributed by atoms with Gasteiger partial charge in [-0.05, 0) is 43.5 Å². The number of carbonyl (C=O) groups is 1. The molecule has 7 heteroatoms. The number of hydrogen-bond acceptors (Lipinski definition) is 4. The summed E-state index contributed by atoms with van der Waals surface area (Å²) >= 11 is 6.00. The van der Waals surface area contributed by atoms with Crippen LogP contribution in [0.2, 0.25) is 5.02 Å². The lowest BCUT2D eigenvalue weighted by molar-refractivity contribution is -0.130. The van der Waals surface area contributed by atoms with Gasteiger partial charge in [0.15, 0.2) is 0 Å². The van der Waals surface area contributed by atoms with Crippen LogP contribution in [0.4, 0.5) is 0 Å². The van der Waals surface area contributed by atoms with Crippen LogP contribution >= 0.6 is 11.6 Å². The number of halogens is 1. The fourth-order valence-corrected chi connectivity index (χ4v) is 3.15. The Labute approximate surface area is 151 Å². The lowest BCUT2D eigenvalue weighted by atomic mass is 10.1. The first kappa shape index (κ1) is 17.4. The van der Waals surface area contributed by atoms with Crippen molar-refractivity contribution in [3.05, 3.63) is 58.1 Å². The van der Waals surface area contributed by atoms with Crippen molar-refractivity contribution in [1.29, 1.82) is 0 Å². The molecular weight excluding hydrogens is 338 g/mol. The largest absolute Gasteiger partial charge is 0.341 e. The highest BCUT2D eigenvalue weighted by molar-refractivity contribution is 6.30. The number of rotatable bonds is 5. The summed E-state index contributed by atoms with van der Waals surface area (Å²) in [7, 11) is 1.81. The topological polar surface area (TPSA) is 63.4 Å². The molecule has 0 radical (unpaired) electrons. The van der Waals surface area contributed by atoms with E-state index in [1.54, 1.807) is 9.42 Å². The van der Waals surface area contributed by atoms with Gasteiger partial charge in [0, 0.05) is 36.4 Å². The van der Waals surface area contributed by atoms with E-state index >= 15 is 0 Å². The summed E-state index contributed by atoms with van der Waals surface area (Å²) in [5.41, 5.74) is 3.93. The van der Waals surface area contributed by atoms with E-state index in [1.165, 1.54) is 6.33 Å². The van der Waals surface area contributed by atoms with Crippen molar-refractivity contribution in [1.82, 2.24) is 24.5 Å². The summed E-state index contributed by atoms with van der Waals surface area (Å²) in [6, 6.07) is 7.56. The molecule has 0 aliphatic carbocycles. The highest BCUT2D eigenvalue weighted by Crippen LogP contribution is 2.16. The molecule has 0 N–H and O–H groups in total. The van der Waals surface area contributed by atoms with Crippen LogP contribution in [0, 0.1) is 13.8 Å². The monoisotopic (exact) mass is 357 g/mol. The van der Waals surface area contributed by atoms with E-state index in [1.807, 2.05) is 45.2 Å². The van der Waals surface area contributed by atoms with Crippen molar-refractivity contribution < 1.29 is 4.79 Å². The molecule has 0 aliphatic heterocycles. The molecular formula is C18H20ClN5O. The third-order valence-corrected chi connectivity index (χ3v) is 4.55. The van der Waals surface area contributed by atoms with Gasteiger partial charge >= 0.3 is 0 Å². The van der Waals surface area contributed by atoms with E-state index < -0.39 is 0 Å². The zero-order chi connectivity index (χ0) is 18.0. The van der Waals surface area contributed by atoms with Gasteiger partial charge < -0.3 is 4.90 Å². The molecule has 0 spiro atoms. The SMILES string of the molecule is Cc1nc2ncnn2c(C)c1CCC(=O)N(C)Cc1cccc(Cl)c1. The number of fused-ring (bicyclic) bond motifs is 1. The van der Waals surface area contributed by atoms with E-state index in [0.29, 0.717) is 30.2 Å². The van der Waals surface area contributed by atoms with Gasteiger partial charge in [-0.1, -0.05) is 23.7 Å². The van der Waals surface area contributed by atoms with Gasteiger partial charge in [0.1, 0.15) is 6.33 Å². The van der Waals surface area contributed by atoms with Crippen molar-refractivity contribution in [2.45, 2.75) is 33.2 Å². The molecule has 0 aliphatic rings. The number of hydrogen-bond donors (Lipinski definition) is 0. The van der Waals surface area contributed by atoms with Crippen molar-refractivity contribution in [3.63, 3.8) is 0 Å². The second-order valence-corrected chi connectivity index (χ2v) is 6.55. The highest BCUT2D eigenvalue weighted by Gasteiger charge is 2.15. The van der Waals surface area contributed by atoms with Crippen LogP contribution in [0.25, 0.3) is 5.78 Å². The molecule has 2 heterocycles. The Morgan fingerprint density at radius 1 is 1.32 bits per heavy atom. The Balaban J connectivity index is 1.67. The number of carbonyl (C=O) groups excluding carboxylic acids is 1. The summed E-state index contributed by atoms with van der Waals surface area (Å²) in [5, 5.41) is 4.86. The quantitative estimate of drug-likeness (QED) is 0.704. The molecule has 2 aromatic heterocycles. The maximum absolute atomic E-state index is 12.5. The Bertz CT molecular complexity index is 921. The van der Waals surface area contributed by atoms with Crippen molar-refractivity contribution >= 4 is 23.3 Å². The number of aryl methyl sites for hydroxylation is 2. The summed E-state index contributed by atoms with van der Waals surface area (Å²) in [5.74, 6) is 0.667. The summed E-state index contributed by atoms with van der Waals surface area (Å²) in [6.07, 6.45) is 2.53. The molecule has 0 saturated heterocycles. The van der Waals surface area contributed by atoms with Crippen LogP contribution in [-0.2, 0) is 17.8 Å². The predicted molar refractivity (Wildman–Crippen MR) is 96.5 cm³/mol. The first-order valence-electron chi connectivity index (χ1n) is 8.10. The first-order chi connectivity index (χ1) is 12.0. The fourth-order valence-electron chi connectivity index (χ4n) is 2.94. The third kappa shape index (κ3) is 3.79. The molecule has 0 bridgehead atoms. The van der Waals surface area contributed by atoms with Crippen LogP contribution in [-0.4, -0.2) is 37.4 Å². The Morgan fingerprint density at radius 2 is 2.12 bits per heavy atom. The minimum Gasteiger partial charge on any atom is -0.341 e. The molecule has 0 atom stereocenters. The van der Waals surface area contributed by atoms with Crippen LogP contribution in [0.5, 0.6) is 0 Å². The molecule has 3 rings (SSSR count). The number of aromatic nitrogens is 4. The standard InChI is InChI=1S/C18H20ClN5O/c1-12-16(13(2)24-18(22-12)20-11-21-24)7-8-17(25)23(3)10-14-5-4-6-15(19)9-14/h4-6,9,11H,7-8,10H2,1-3H3. The molecule has 25 heavy (non-hydrogen) atoms. The maximum atomic E-state index is 12.5. The van der Waals surface area contributed by atoms with Gasteiger partial charge in [-0.2, -0.15) is 10.1 Å². The predicted octanol–water partition coefficient (Wildman–Crippen LogP) is 2.99. The van der Waals surface area contributed by atoms with E-state index in [0.717, 1.165) is 22.5 Å². The van der Waals surface area contributed by atoms with Crippen molar-refractivity contribution in [2.24, 2.45) is 0 Å². The Hall–Kier alpha value is -2.47. The van der Waals surface area contributed by atoms with Crippen LogP contribution < -0.4 is 0 Å². The van der Waals surface area contributed by atoms with Gasteiger partial charge in [0.25, 0.3) is 5.78 Å². The van der Waals surface area contributed by atoms with Crippen LogP contribution in [0.1, 0.15) is 28.9 Å². The maximum Gasteiger partial charge on any atom is 0.252 e. The smallest absolute Gasteiger partial charge is 0.252 e. The van der Waals surface area contributed by atoms with Crippen LogP contribution in [0.15, 0.2) is 30.6 Å². The lowest BCUT2D eigenvalue weighted by Gasteiger charge is -2.18. The first-order valence-corrected chi connectivity index (χ1v) is 8.47. The molecule has 0 unspecified atom stereocenters. The Kier molecular flexibility index (Phi) is 4.99. The number of nitrogens with zero attached hydrogens (tertiary/aromatic N) is 5. The third-order valence-electron chi connectivity index (χ3n) is 4.31. The second kappa shape index (κ2) is 7.19. The zero-order valence-corrected chi connectivity index (χ0v) is 15.3. The minimum absolute atomic E-state index is 0.0810. The Morgan fingerprint density at radius 3 is 2.88 bits per heavy atom. The van der Waals surface area contributed by atoms with Crippen molar-refractivity contribution in [3.8, 4) is 0 Å². The van der Waals surface area contributed by atoms with E-state index in [-0.39, 0.29) is 5.91 Å². The van der Waals surface area contributed by atoms with Gasteiger partial charge in [0.05, 0.1) is 0 Å². The normalized spacial score (nSPS) is 11.0. The molecule has 1 amide bonds. The molecule has 0 saturated carbocycles. The van der Waals surface area contributed by atoms with E-state index in [4.69, 9.17) is 11.6 Å². The highest BCUT2D eigenvalue weighted by atomic mass is 35.5. The molecule has 3 aromatic rings. The fraction of sp³-hybridized carbons (Fsp3) is 0.333. The van der Waals surface area contributed by atoms with E-state index in [2.05, 4.69) is 15.1 Å². The molecule has 0 fully saturated rings. The molecule has 6 nitrogen and oxygen atoms in total. The van der Waals surface area contributed by atoms with Gasteiger partial charge in [-0.3, -0.25) is 4.79 Å². The number of benzene rings is 1. The average molecular weight is 358 g/mol. The molecule has 1 aromatic carbocycles. The lowest BCUT2D eigenvalue weighted by Crippen LogP contribution is -2.26. The van der Waals surface area contributed by atoms with Crippen molar-refractivity contribution in [2.75, 3.05) is 7.05 Å². The number of amides is 1. The van der Waals surface area contributed by atoms with Gasteiger partial charge in [-0.25, -0.2) is 9.50 Å². The average Bonchev–Trinajstić information content (AvgIpc) is 3.02. The van der Waals surface area contributed by atoms with Gasteiger partial charge in [0.2, 0.25) is 5.91 Å². The second-order valence-electron chi connectivity index (χ2n) is 6.11. The minimum atomic E-state index is 0.0810. The zero-order valence-electron chi connectivity index (χ0n) is 14.5. The summed E-state index contributed by atoms with van der Waals surface area (Å²) in [4.78, 5) is 22.8. The molecule has 130 valence electrons. The summed E-state index contributed by atoms with van der Waals surface area (Å²) in [6.45, 7) is 4.46.